The molecule has 1 unspecified atom stereocenters. The second-order valence-electron chi connectivity index (χ2n) is 5.85. The highest BCUT2D eigenvalue weighted by Gasteiger charge is 2.18. The quantitative estimate of drug-likeness (QED) is 0.396. The van der Waals surface area contributed by atoms with Crippen LogP contribution in [0.4, 0.5) is 0 Å². The van der Waals surface area contributed by atoms with Gasteiger partial charge in [-0.05, 0) is 19.8 Å². The van der Waals surface area contributed by atoms with Crippen molar-refractivity contribution in [1.29, 1.82) is 0 Å². The maximum Gasteiger partial charge on any atom is 0.220 e. The largest absolute Gasteiger partial charge is 0.356 e. The van der Waals surface area contributed by atoms with Gasteiger partial charge in [0.05, 0.1) is 0 Å². The molecule has 1 amide bonds. The molecule has 1 saturated heterocycles. The Hall–Kier alpha value is -2.12. The summed E-state index contributed by atoms with van der Waals surface area (Å²) in [5, 5.41) is 17.8. The van der Waals surface area contributed by atoms with Gasteiger partial charge in [0.25, 0.3) is 0 Å². The predicted molar refractivity (Wildman–Crippen MR) is 89.0 cm³/mol. The minimum atomic E-state index is 0.120. The third-order valence-electron chi connectivity index (χ3n) is 3.99. The number of carbonyl (C=O) groups is 1. The molecule has 0 aliphatic carbocycles. The molecule has 2 rings (SSSR count). The zero-order chi connectivity index (χ0) is 16.7. The fraction of sp³-hybridized carbons (Fsp3) is 0.733. The number of aliphatic imine (C=N–C) groups is 1. The third kappa shape index (κ3) is 5.22. The molecule has 0 bridgehead atoms. The maximum absolute atomic E-state index is 11.3. The van der Waals surface area contributed by atoms with Crippen molar-refractivity contribution in [2.24, 2.45) is 12.0 Å². The lowest BCUT2D eigenvalue weighted by Crippen LogP contribution is -2.51. The van der Waals surface area contributed by atoms with E-state index in [-0.39, 0.29) is 11.9 Å². The predicted octanol–water partition coefficient (Wildman–Crippen LogP) is 0.237. The molecule has 1 aromatic rings. The van der Waals surface area contributed by atoms with E-state index in [1.165, 1.54) is 0 Å². The van der Waals surface area contributed by atoms with Crippen LogP contribution in [-0.4, -0.2) is 45.8 Å². The smallest absolute Gasteiger partial charge is 0.220 e. The highest BCUT2D eigenvalue weighted by molar-refractivity contribution is 5.81. The number of nitrogens with zero attached hydrogens (tertiary/aromatic N) is 4. The number of aryl methyl sites for hydroxylation is 1. The normalized spacial score (nSPS) is 18.7. The Bertz CT molecular complexity index is 542. The molecule has 0 spiro atoms. The van der Waals surface area contributed by atoms with Crippen LogP contribution in [0.1, 0.15) is 44.3 Å². The number of aromatic nitrogens is 3. The fourth-order valence-corrected chi connectivity index (χ4v) is 2.32. The highest BCUT2D eigenvalue weighted by Crippen LogP contribution is 2.03. The van der Waals surface area contributed by atoms with Gasteiger partial charge in [0.1, 0.15) is 12.4 Å². The minimum Gasteiger partial charge on any atom is -0.356 e. The van der Waals surface area contributed by atoms with Crippen LogP contribution >= 0.6 is 0 Å². The molecule has 3 N–H and O–H groups in total. The summed E-state index contributed by atoms with van der Waals surface area (Å²) in [5.74, 6) is 2.59. The second kappa shape index (κ2) is 8.50. The van der Waals surface area contributed by atoms with Crippen molar-refractivity contribution in [3.05, 3.63) is 11.6 Å². The van der Waals surface area contributed by atoms with Crippen molar-refractivity contribution in [3.63, 3.8) is 0 Å². The molecule has 0 aromatic carbocycles. The molecule has 1 atom stereocenters. The van der Waals surface area contributed by atoms with Gasteiger partial charge in [0, 0.05) is 32.6 Å². The molecule has 1 fully saturated rings. The monoisotopic (exact) mass is 321 g/mol. The summed E-state index contributed by atoms with van der Waals surface area (Å²) >= 11 is 0. The molecule has 0 saturated carbocycles. The molecular formula is C15H27N7O. The van der Waals surface area contributed by atoms with Crippen LogP contribution < -0.4 is 16.0 Å². The van der Waals surface area contributed by atoms with Gasteiger partial charge in [-0.3, -0.25) is 4.79 Å². The molecule has 1 aromatic heterocycles. The molecule has 128 valence electrons. The van der Waals surface area contributed by atoms with Crippen LogP contribution in [0.15, 0.2) is 4.99 Å². The summed E-state index contributed by atoms with van der Waals surface area (Å²) in [4.78, 5) is 15.9. The summed E-state index contributed by atoms with van der Waals surface area (Å²) < 4.78 is 1.94. The van der Waals surface area contributed by atoms with E-state index in [1.807, 2.05) is 18.5 Å². The summed E-state index contributed by atoms with van der Waals surface area (Å²) in [6.45, 7) is 6.06. The maximum atomic E-state index is 11.3. The summed E-state index contributed by atoms with van der Waals surface area (Å²) in [7, 11) is 1.94. The number of unbranched alkanes of at least 4 members (excludes halogenated alkanes) is 1. The standard InChI is InChI=1S/C15H27N7O/c1-4-5-8-16-15(19-12-6-7-14(23)17-9-12)18-10-13-21-20-11(2)22(13)3/h12H,4-10H2,1-3H3,(H,17,23)(H2,16,18,19). The summed E-state index contributed by atoms with van der Waals surface area (Å²) in [5.41, 5.74) is 0. The number of hydrogen-bond acceptors (Lipinski definition) is 4. The van der Waals surface area contributed by atoms with Gasteiger partial charge in [-0.25, -0.2) is 4.99 Å². The van der Waals surface area contributed by atoms with Gasteiger partial charge >= 0.3 is 0 Å². The average molecular weight is 321 g/mol. The number of amides is 1. The van der Waals surface area contributed by atoms with Crippen molar-refractivity contribution in [1.82, 2.24) is 30.7 Å². The highest BCUT2D eigenvalue weighted by atomic mass is 16.1. The molecule has 1 aliphatic rings. The number of rotatable bonds is 6. The molecule has 8 heteroatoms. The zero-order valence-corrected chi connectivity index (χ0v) is 14.2. The topological polar surface area (TPSA) is 96.2 Å². The lowest BCUT2D eigenvalue weighted by atomic mass is 10.1. The van der Waals surface area contributed by atoms with E-state index in [0.29, 0.717) is 19.5 Å². The van der Waals surface area contributed by atoms with E-state index in [1.54, 1.807) is 0 Å². The Morgan fingerprint density at radius 1 is 1.48 bits per heavy atom. The number of nitrogens with one attached hydrogen (secondary N) is 3. The van der Waals surface area contributed by atoms with Gasteiger partial charge in [-0.2, -0.15) is 0 Å². The van der Waals surface area contributed by atoms with E-state index in [2.05, 4.69) is 38.1 Å². The van der Waals surface area contributed by atoms with E-state index in [4.69, 9.17) is 0 Å². The lowest BCUT2D eigenvalue weighted by molar-refractivity contribution is -0.122. The Balaban J connectivity index is 1.96. The van der Waals surface area contributed by atoms with Crippen LogP contribution in [0.3, 0.4) is 0 Å². The Morgan fingerprint density at radius 2 is 2.30 bits per heavy atom. The second-order valence-corrected chi connectivity index (χ2v) is 5.85. The van der Waals surface area contributed by atoms with Gasteiger partial charge in [0.2, 0.25) is 5.91 Å². The summed E-state index contributed by atoms with van der Waals surface area (Å²) in [6, 6.07) is 0.210. The zero-order valence-electron chi connectivity index (χ0n) is 14.2. The van der Waals surface area contributed by atoms with Gasteiger partial charge in [0.15, 0.2) is 11.8 Å². The summed E-state index contributed by atoms with van der Waals surface area (Å²) in [6.07, 6.45) is 3.60. The minimum absolute atomic E-state index is 0.120. The number of piperidine rings is 1. The average Bonchev–Trinajstić information content (AvgIpc) is 2.86. The van der Waals surface area contributed by atoms with Crippen LogP contribution in [0.2, 0.25) is 0 Å². The SMILES string of the molecule is CCCCNC(=NCc1nnc(C)n1C)NC1CCC(=O)NC1. The van der Waals surface area contributed by atoms with Crippen LogP contribution in [0.25, 0.3) is 0 Å². The van der Waals surface area contributed by atoms with Gasteiger partial charge < -0.3 is 20.5 Å². The first-order chi connectivity index (χ1) is 11.1. The first-order valence-electron chi connectivity index (χ1n) is 8.26. The number of guanidine groups is 1. The van der Waals surface area contributed by atoms with E-state index >= 15 is 0 Å². The fourth-order valence-electron chi connectivity index (χ4n) is 2.32. The third-order valence-corrected chi connectivity index (χ3v) is 3.99. The first kappa shape index (κ1) is 17.2. The van der Waals surface area contributed by atoms with Crippen molar-refractivity contribution in [2.45, 2.75) is 52.1 Å². The lowest BCUT2D eigenvalue weighted by Gasteiger charge is -2.25. The molecule has 1 aliphatic heterocycles. The van der Waals surface area contributed by atoms with Crippen molar-refractivity contribution >= 4 is 11.9 Å². The van der Waals surface area contributed by atoms with E-state index in [9.17, 15) is 4.79 Å². The van der Waals surface area contributed by atoms with Crippen molar-refractivity contribution in [3.8, 4) is 0 Å². The van der Waals surface area contributed by atoms with Gasteiger partial charge in [-0.1, -0.05) is 13.3 Å². The molecule has 0 radical (unpaired) electrons. The Kier molecular flexibility index (Phi) is 6.37. The van der Waals surface area contributed by atoms with Crippen molar-refractivity contribution in [2.75, 3.05) is 13.1 Å². The first-order valence-corrected chi connectivity index (χ1v) is 8.26. The number of carbonyl (C=O) groups excluding carboxylic acids is 1. The Morgan fingerprint density at radius 3 is 2.91 bits per heavy atom. The van der Waals surface area contributed by atoms with Crippen LogP contribution in [0.5, 0.6) is 0 Å². The van der Waals surface area contributed by atoms with Crippen molar-refractivity contribution < 1.29 is 4.79 Å². The molecular weight excluding hydrogens is 294 g/mol. The molecule has 8 nitrogen and oxygen atoms in total. The molecule has 23 heavy (non-hydrogen) atoms. The van der Waals surface area contributed by atoms with Crippen LogP contribution in [0, 0.1) is 6.92 Å². The van der Waals surface area contributed by atoms with E-state index in [0.717, 1.165) is 43.4 Å². The van der Waals surface area contributed by atoms with Gasteiger partial charge in [-0.15, -0.1) is 10.2 Å². The van der Waals surface area contributed by atoms with E-state index < -0.39 is 0 Å². The van der Waals surface area contributed by atoms with Crippen LogP contribution in [-0.2, 0) is 18.4 Å². The number of hydrogen-bond donors (Lipinski definition) is 3. The molecule has 2 heterocycles. The Labute approximate surface area is 137 Å².